The van der Waals surface area contributed by atoms with Crippen LogP contribution in [0.2, 0.25) is 0 Å². The second-order valence-corrected chi connectivity index (χ2v) is 4.70. The number of nitrogens with zero attached hydrogens (tertiary/aromatic N) is 1. The highest BCUT2D eigenvalue weighted by molar-refractivity contribution is 5.95. The van der Waals surface area contributed by atoms with Crippen molar-refractivity contribution >= 4 is 11.8 Å². The van der Waals surface area contributed by atoms with Gasteiger partial charge in [0.15, 0.2) is 5.78 Å². The van der Waals surface area contributed by atoms with Crippen LogP contribution < -0.4 is 0 Å². The lowest BCUT2D eigenvalue weighted by Crippen LogP contribution is -2.50. The summed E-state index contributed by atoms with van der Waals surface area (Å²) < 4.78 is 4.92. The van der Waals surface area contributed by atoms with Crippen LogP contribution in [0.3, 0.4) is 0 Å². The summed E-state index contributed by atoms with van der Waals surface area (Å²) in [5.74, 6) is -0.0584. The Kier molecular flexibility index (Phi) is 5.08. The molecule has 1 aliphatic heterocycles. The Morgan fingerprint density at radius 3 is 2.67 bits per heavy atom. The van der Waals surface area contributed by atoms with Crippen molar-refractivity contribution in [2.75, 3.05) is 27.2 Å². The third-order valence-electron chi connectivity index (χ3n) is 3.63. The van der Waals surface area contributed by atoms with Crippen molar-refractivity contribution in [3.63, 3.8) is 0 Å². The summed E-state index contributed by atoms with van der Waals surface area (Å²) in [6.07, 6.45) is 3.49. The molecule has 0 amide bonds. The molecule has 1 heterocycles. The highest BCUT2D eigenvalue weighted by atomic mass is 16.5. The lowest BCUT2D eigenvalue weighted by Gasteiger charge is -2.42. The molecule has 0 spiro atoms. The molecule has 4 heteroatoms. The van der Waals surface area contributed by atoms with Gasteiger partial charge in [0.25, 0.3) is 0 Å². The topological polar surface area (TPSA) is 46.6 Å². The highest BCUT2D eigenvalue weighted by Crippen LogP contribution is 2.42. The maximum atomic E-state index is 12.0. The molecule has 4 nitrogen and oxygen atoms in total. The van der Waals surface area contributed by atoms with Crippen molar-refractivity contribution in [1.82, 2.24) is 4.90 Å². The Hall–Kier alpha value is -1.16. The first-order chi connectivity index (χ1) is 8.58. The molecule has 1 atom stereocenters. The number of esters is 1. The van der Waals surface area contributed by atoms with Crippen molar-refractivity contribution in [2.24, 2.45) is 5.41 Å². The Bertz CT molecular complexity index is 362. The minimum atomic E-state index is -0.560. The van der Waals surface area contributed by atoms with Crippen LogP contribution in [0.4, 0.5) is 0 Å². The summed E-state index contributed by atoms with van der Waals surface area (Å²) in [7, 11) is 3.41. The summed E-state index contributed by atoms with van der Waals surface area (Å²) in [6, 6.07) is 0. The van der Waals surface area contributed by atoms with E-state index < -0.39 is 5.41 Å². The Morgan fingerprint density at radius 2 is 2.06 bits per heavy atom. The largest absolute Gasteiger partial charge is 0.468 e. The predicted molar refractivity (Wildman–Crippen MR) is 70.2 cm³/mol. The normalized spacial score (nSPS) is 27.6. The predicted octanol–water partition coefficient (Wildman–Crippen LogP) is 1.80. The number of allylic oxidation sites excluding steroid dienone is 1. The molecule has 2 rings (SSSR count). The Labute approximate surface area is 109 Å². The summed E-state index contributed by atoms with van der Waals surface area (Å²) in [5, 5.41) is 0. The molecule has 1 aliphatic carbocycles. The first kappa shape index (κ1) is 14.9. The van der Waals surface area contributed by atoms with Gasteiger partial charge in [-0.25, -0.2) is 0 Å². The zero-order valence-corrected chi connectivity index (χ0v) is 11.8. The number of methoxy groups -OCH3 is 1. The first-order valence-electron chi connectivity index (χ1n) is 6.59. The molecule has 1 fully saturated rings. The van der Waals surface area contributed by atoms with E-state index >= 15 is 0 Å². The van der Waals surface area contributed by atoms with Crippen LogP contribution in [0, 0.1) is 5.41 Å². The monoisotopic (exact) mass is 253 g/mol. The van der Waals surface area contributed by atoms with Crippen LogP contribution in [0.1, 0.15) is 33.1 Å². The molecule has 1 saturated heterocycles. The highest BCUT2D eigenvalue weighted by Gasteiger charge is 2.47. The molecular weight excluding hydrogens is 230 g/mol. The van der Waals surface area contributed by atoms with E-state index in [1.165, 1.54) is 7.11 Å². The van der Waals surface area contributed by atoms with Crippen LogP contribution in [0.25, 0.3) is 0 Å². The fourth-order valence-electron chi connectivity index (χ4n) is 2.74. The van der Waals surface area contributed by atoms with Gasteiger partial charge in [-0.3, -0.25) is 9.59 Å². The summed E-state index contributed by atoms with van der Waals surface area (Å²) in [6.45, 7) is 5.57. The number of ether oxygens (including phenoxy) is 1. The molecule has 0 N–H and O–H groups in total. The number of carbonyl (C=O) groups excluding carboxylic acids is 2. The van der Waals surface area contributed by atoms with Crippen molar-refractivity contribution < 1.29 is 14.3 Å². The molecule has 2 aliphatic rings. The van der Waals surface area contributed by atoms with Gasteiger partial charge in [0.1, 0.15) is 5.41 Å². The van der Waals surface area contributed by atoms with Crippen molar-refractivity contribution in [3.05, 3.63) is 11.6 Å². The number of hydrogen-bond donors (Lipinski definition) is 0. The van der Waals surface area contributed by atoms with Crippen LogP contribution >= 0.6 is 0 Å². The smallest absolute Gasteiger partial charge is 0.317 e. The van der Waals surface area contributed by atoms with Crippen molar-refractivity contribution in [1.29, 1.82) is 0 Å². The summed E-state index contributed by atoms with van der Waals surface area (Å²) in [4.78, 5) is 25.5. The molecule has 0 aromatic carbocycles. The van der Waals surface area contributed by atoms with Gasteiger partial charge < -0.3 is 9.64 Å². The lowest BCUT2D eigenvalue weighted by atomic mass is 9.68. The van der Waals surface area contributed by atoms with Gasteiger partial charge in [-0.05, 0) is 31.5 Å². The van der Waals surface area contributed by atoms with Crippen molar-refractivity contribution in [2.45, 2.75) is 33.1 Å². The van der Waals surface area contributed by atoms with E-state index in [9.17, 15) is 9.59 Å². The number of hydrogen-bond acceptors (Lipinski definition) is 4. The molecule has 1 unspecified atom stereocenters. The zero-order chi connectivity index (χ0) is 13.8. The molecule has 0 saturated carbocycles. The van der Waals surface area contributed by atoms with Crippen LogP contribution in [0.15, 0.2) is 11.6 Å². The minimum absolute atomic E-state index is 0.138. The third-order valence-corrected chi connectivity index (χ3v) is 3.63. The van der Waals surface area contributed by atoms with Gasteiger partial charge in [0, 0.05) is 19.5 Å². The minimum Gasteiger partial charge on any atom is -0.468 e. The fourth-order valence-corrected chi connectivity index (χ4v) is 2.74. The molecule has 18 heavy (non-hydrogen) atoms. The van der Waals surface area contributed by atoms with Gasteiger partial charge in [-0.15, -0.1) is 0 Å². The number of ketones is 1. The van der Waals surface area contributed by atoms with Gasteiger partial charge in [-0.1, -0.05) is 13.8 Å². The van der Waals surface area contributed by atoms with E-state index in [0.717, 1.165) is 18.5 Å². The Morgan fingerprint density at radius 1 is 1.39 bits per heavy atom. The van der Waals surface area contributed by atoms with E-state index in [4.69, 9.17) is 4.74 Å². The maximum Gasteiger partial charge on any atom is 0.317 e. The molecule has 0 radical (unpaired) electrons. The number of likely N-dealkylation sites (tertiary alicyclic amines) is 1. The Balaban J connectivity index is 0.000000771. The number of fused-ring (bicyclic) bond motifs is 1. The van der Waals surface area contributed by atoms with Gasteiger partial charge in [0.2, 0.25) is 0 Å². The summed E-state index contributed by atoms with van der Waals surface area (Å²) in [5.41, 5.74) is 0.407. The molecule has 0 aromatic heterocycles. The van der Waals surface area contributed by atoms with E-state index in [0.29, 0.717) is 19.4 Å². The quantitative estimate of drug-likeness (QED) is 0.668. The van der Waals surface area contributed by atoms with Crippen LogP contribution in [-0.2, 0) is 14.3 Å². The van der Waals surface area contributed by atoms with E-state index in [-0.39, 0.29) is 11.8 Å². The molecular formula is C14H23NO3. The molecule has 0 bridgehead atoms. The second kappa shape index (κ2) is 6.14. The van der Waals surface area contributed by atoms with Crippen LogP contribution in [0.5, 0.6) is 0 Å². The van der Waals surface area contributed by atoms with Crippen molar-refractivity contribution in [3.8, 4) is 0 Å². The molecule has 102 valence electrons. The van der Waals surface area contributed by atoms with E-state index in [1.807, 2.05) is 20.9 Å². The number of carbonyl (C=O) groups is 2. The fraction of sp³-hybridized carbons (Fsp3) is 0.714. The number of rotatable bonds is 1. The van der Waals surface area contributed by atoms with Gasteiger partial charge >= 0.3 is 5.97 Å². The maximum absolute atomic E-state index is 12.0. The zero-order valence-electron chi connectivity index (χ0n) is 11.8. The van der Waals surface area contributed by atoms with Gasteiger partial charge in [-0.2, -0.15) is 0 Å². The average molecular weight is 253 g/mol. The number of piperidine rings is 1. The van der Waals surface area contributed by atoms with Gasteiger partial charge in [0.05, 0.1) is 7.11 Å². The third kappa shape index (κ3) is 2.64. The standard InChI is InChI=1S/C12H17NO3.C2H6/c1-13-6-4-9-7-10(14)3-5-12(9,8-13)11(15)16-2;1-2/h7H,3-6,8H2,1-2H3;1-2H3. The van der Waals surface area contributed by atoms with Crippen LogP contribution in [-0.4, -0.2) is 43.9 Å². The lowest BCUT2D eigenvalue weighted by molar-refractivity contribution is -0.153. The van der Waals surface area contributed by atoms with E-state index in [2.05, 4.69) is 4.90 Å². The first-order valence-corrected chi connectivity index (χ1v) is 6.59. The SMILES string of the molecule is CC.COC(=O)C12CCC(=O)C=C1CCN(C)C2. The summed E-state index contributed by atoms with van der Waals surface area (Å²) >= 11 is 0. The average Bonchev–Trinajstić information content (AvgIpc) is 2.40. The second-order valence-electron chi connectivity index (χ2n) is 4.70. The van der Waals surface area contributed by atoms with E-state index in [1.54, 1.807) is 6.08 Å². The molecule has 0 aromatic rings.